The summed E-state index contributed by atoms with van der Waals surface area (Å²) in [5, 5.41) is 23.3. The summed E-state index contributed by atoms with van der Waals surface area (Å²) in [6.07, 6.45) is 2.02. The molecule has 8 nitrogen and oxygen atoms in total. The number of aryl methyl sites for hydroxylation is 1. The van der Waals surface area contributed by atoms with Crippen molar-refractivity contribution in [2.24, 2.45) is 7.05 Å². The number of amides is 1. The van der Waals surface area contributed by atoms with Gasteiger partial charge >= 0.3 is 0 Å². The number of phenols is 2. The second-order valence-corrected chi connectivity index (χ2v) is 7.93. The first-order valence-corrected chi connectivity index (χ1v) is 10.1. The van der Waals surface area contributed by atoms with E-state index in [0.717, 1.165) is 16.6 Å². The highest BCUT2D eigenvalue weighted by Crippen LogP contribution is 2.37. The minimum absolute atomic E-state index is 0.0292. The third kappa shape index (κ3) is 4.60. The Labute approximate surface area is 182 Å². The van der Waals surface area contributed by atoms with Crippen LogP contribution in [0.3, 0.4) is 0 Å². The molecule has 0 saturated carbocycles. The number of methoxy groups -OCH3 is 1. The SMILES string of the molecule is COCN(C=O)NC(c1cc(C(C)C)c(O)cc1O)N(C)c1ccc2c(ccn2C)c1. The molecular formula is C23H30N4O4. The van der Waals surface area contributed by atoms with E-state index in [2.05, 4.69) is 5.43 Å². The second-order valence-electron chi connectivity index (χ2n) is 7.93. The minimum atomic E-state index is -0.611. The zero-order chi connectivity index (χ0) is 22.7. The maximum absolute atomic E-state index is 11.6. The molecule has 0 bridgehead atoms. The zero-order valence-corrected chi connectivity index (χ0v) is 18.5. The predicted octanol–water partition coefficient (Wildman–Crippen LogP) is 3.41. The van der Waals surface area contributed by atoms with Crippen LogP contribution in [0.25, 0.3) is 10.9 Å². The van der Waals surface area contributed by atoms with Crippen molar-refractivity contribution in [1.29, 1.82) is 0 Å². The van der Waals surface area contributed by atoms with Gasteiger partial charge < -0.3 is 24.4 Å². The summed E-state index contributed by atoms with van der Waals surface area (Å²) in [5.74, 6) is 0.00919. The molecule has 0 radical (unpaired) electrons. The Morgan fingerprint density at radius 2 is 1.84 bits per heavy atom. The molecule has 0 aliphatic heterocycles. The first kappa shape index (κ1) is 22.5. The largest absolute Gasteiger partial charge is 0.508 e. The highest BCUT2D eigenvalue weighted by atomic mass is 16.5. The van der Waals surface area contributed by atoms with Gasteiger partial charge in [-0.1, -0.05) is 13.8 Å². The Hall–Kier alpha value is -3.23. The number of anilines is 1. The number of rotatable bonds is 9. The summed E-state index contributed by atoms with van der Waals surface area (Å²) in [6, 6.07) is 11.2. The van der Waals surface area contributed by atoms with Gasteiger partial charge in [0.15, 0.2) is 0 Å². The van der Waals surface area contributed by atoms with Crippen molar-refractivity contribution in [3.8, 4) is 11.5 Å². The molecule has 3 rings (SSSR count). The number of nitrogens with zero attached hydrogens (tertiary/aromatic N) is 3. The number of nitrogens with one attached hydrogen (secondary N) is 1. The molecule has 1 unspecified atom stereocenters. The average Bonchev–Trinajstić information content (AvgIpc) is 3.11. The van der Waals surface area contributed by atoms with Crippen LogP contribution < -0.4 is 10.3 Å². The number of aromatic nitrogens is 1. The molecule has 0 aliphatic carbocycles. The van der Waals surface area contributed by atoms with Gasteiger partial charge in [0.1, 0.15) is 24.4 Å². The second kappa shape index (κ2) is 9.28. The molecule has 1 heterocycles. The molecule has 1 amide bonds. The van der Waals surface area contributed by atoms with Crippen LogP contribution in [0.5, 0.6) is 11.5 Å². The number of hydrogen-bond acceptors (Lipinski definition) is 6. The van der Waals surface area contributed by atoms with Gasteiger partial charge in [0.25, 0.3) is 0 Å². The molecule has 166 valence electrons. The summed E-state index contributed by atoms with van der Waals surface area (Å²) in [6.45, 7) is 3.96. The van der Waals surface area contributed by atoms with E-state index in [1.54, 1.807) is 6.07 Å². The van der Waals surface area contributed by atoms with E-state index in [4.69, 9.17) is 4.74 Å². The first-order valence-electron chi connectivity index (χ1n) is 10.1. The molecule has 0 aliphatic rings. The summed E-state index contributed by atoms with van der Waals surface area (Å²) in [4.78, 5) is 13.5. The first-order chi connectivity index (χ1) is 14.8. The van der Waals surface area contributed by atoms with Crippen LogP contribution in [0.2, 0.25) is 0 Å². The van der Waals surface area contributed by atoms with Crippen molar-refractivity contribution in [2.75, 3.05) is 25.8 Å². The normalized spacial score (nSPS) is 12.3. The van der Waals surface area contributed by atoms with E-state index in [1.165, 1.54) is 18.2 Å². The lowest BCUT2D eigenvalue weighted by molar-refractivity contribution is -0.127. The number of fused-ring (bicyclic) bond motifs is 1. The molecule has 1 atom stereocenters. The van der Waals surface area contributed by atoms with Crippen LogP contribution in [-0.2, 0) is 16.6 Å². The third-order valence-corrected chi connectivity index (χ3v) is 5.44. The van der Waals surface area contributed by atoms with Crippen LogP contribution in [0, 0.1) is 0 Å². The number of benzene rings is 2. The van der Waals surface area contributed by atoms with Crippen molar-refractivity contribution in [2.45, 2.75) is 25.9 Å². The Morgan fingerprint density at radius 1 is 1.13 bits per heavy atom. The van der Waals surface area contributed by atoms with Gasteiger partial charge in [-0.2, -0.15) is 0 Å². The van der Waals surface area contributed by atoms with Crippen LogP contribution in [-0.4, -0.2) is 47.1 Å². The van der Waals surface area contributed by atoms with Gasteiger partial charge in [-0.3, -0.25) is 9.80 Å². The fraction of sp³-hybridized carbons (Fsp3) is 0.348. The number of hydrogen-bond donors (Lipinski definition) is 3. The summed E-state index contributed by atoms with van der Waals surface area (Å²) in [5.41, 5.74) is 6.34. The third-order valence-electron chi connectivity index (χ3n) is 5.44. The van der Waals surface area contributed by atoms with E-state index in [9.17, 15) is 15.0 Å². The van der Waals surface area contributed by atoms with E-state index >= 15 is 0 Å². The number of aromatic hydroxyl groups is 2. The number of carbonyl (C=O) groups excluding carboxylic acids is 1. The molecule has 3 N–H and O–H groups in total. The molecule has 0 spiro atoms. The fourth-order valence-corrected chi connectivity index (χ4v) is 3.69. The quantitative estimate of drug-likeness (QED) is 0.276. The Balaban J connectivity index is 2.09. The number of carbonyl (C=O) groups is 1. The summed E-state index contributed by atoms with van der Waals surface area (Å²) < 4.78 is 7.14. The van der Waals surface area contributed by atoms with E-state index in [0.29, 0.717) is 17.5 Å². The van der Waals surface area contributed by atoms with Gasteiger partial charge in [-0.25, -0.2) is 5.43 Å². The molecule has 3 aromatic rings. The fourth-order valence-electron chi connectivity index (χ4n) is 3.69. The lowest BCUT2D eigenvalue weighted by atomic mass is 9.97. The lowest BCUT2D eigenvalue weighted by Crippen LogP contribution is -2.46. The molecule has 0 fully saturated rings. The van der Waals surface area contributed by atoms with Gasteiger partial charge in [-0.05, 0) is 41.8 Å². The number of ether oxygens (including phenoxy) is 1. The van der Waals surface area contributed by atoms with Gasteiger partial charge in [0.05, 0.1) is 0 Å². The summed E-state index contributed by atoms with van der Waals surface area (Å²) in [7, 11) is 5.36. The monoisotopic (exact) mass is 426 g/mol. The summed E-state index contributed by atoms with van der Waals surface area (Å²) >= 11 is 0. The highest BCUT2D eigenvalue weighted by Gasteiger charge is 2.25. The molecular weight excluding hydrogens is 396 g/mol. The molecule has 31 heavy (non-hydrogen) atoms. The van der Waals surface area contributed by atoms with Crippen molar-refractivity contribution in [3.63, 3.8) is 0 Å². The topological polar surface area (TPSA) is 90.2 Å². The zero-order valence-electron chi connectivity index (χ0n) is 18.5. The van der Waals surface area contributed by atoms with Crippen LogP contribution >= 0.6 is 0 Å². The molecule has 1 aromatic heterocycles. The minimum Gasteiger partial charge on any atom is -0.508 e. The molecule has 0 saturated heterocycles. The van der Waals surface area contributed by atoms with Crippen molar-refractivity contribution in [3.05, 3.63) is 53.7 Å². The maximum Gasteiger partial charge on any atom is 0.226 e. The molecule has 2 aromatic carbocycles. The predicted molar refractivity (Wildman–Crippen MR) is 121 cm³/mol. The maximum atomic E-state index is 11.6. The molecule has 8 heteroatoms. The highest BCUT2D eigenvalue weighted by molar-refractivity contribution is 5.84. The van der Waals surface area contributed by atoms with Crippen LogP contribution in [0.1, 0.15) is 37.1 Å². The van der Waals surface area contributed by atoms with Crippen molar-refractivity contribution in [1.82, 2.24) is 15.0 Å². The van der Waals surface area contributed by atoms with Crippen LogP contribution in [0.15, 0.2) is 42.6 Å². The van der Waals surface area contributed by atoms with Crippen LogP contribution in [0.4, 0.5) is 5.69 Å². The van der Waals surface area contributed by atoms with Crippen molar-refractivity contribution >= 4 is 23.0 Å². The van der Waals surface area contributed by atoms with E-state index in [-0.39, 0.29) is 24.1 Å². The Bertz CT molecular complexity index is 1060. The van der Waals surface area contributed by atoms with Crippen molar-refractivity contribution < 1.29 is 19.7 Å². The van der Waals surface area contributed by atoms with Gasteiger partial charge in [0, 0.05) is 55.6 Å². The number of hydrazine groups is 1. The number of phenolic OH excluding ortho intramolecular Hbond substituents is 2. The smallest absolute Gasteiger partial charge is 0.226 e. The van der Waals surface area contributed by atoms with Gasteiger partial charge in [0.2, 0.25) is 6.41 Å². The van der Waals surface area contributed by atoms with E-state index in [1.807, 2.05) is 67.9 Å². The van der Waals surface area contributed by atoms with Gasteiger partial charge in [-0.15, -0.1) is 0 Å². The Morgan fingerprint density at radius 3 is 2.48 bits per heavy atom. The lowest BCUT2D eigenvalue weighted by Gasteiger charge is -2.35. The van der Waals surface area contributed by atoms with E-state index < -0.39 is 6.17 Å². The Kier molecular flexibility index (Phi) is 6.72. The standard InChI is InChI=1S/C23H30N4O4/c1-15(2)18-11-19(22(30)12-21(18)29)23(24-27(13-28)14-31-5)26(4)17-6-7-20-16(10-17)8-9-25(20)3/h6-13,15,23-24,29-30H,14H2,1-5H3. The average molecular weight is 427 g/mol.